The topological polar surface area (TPSA) is 90.8 Å². The van der Waals surface area contributed by atoms with Gasteiger partial charge in [0.15, 0.2) is 0 Å². The maximum Gasteiger partial charge on any atom is 0.240 e. The zero-order valence-electron chi connectivity index (χ0n) is 13.5. The number of phenolic OH excluding ortho intramolecular Hbond substituents is 1. The van der Waals surface area contributed by atoms with Crippen molar-refractivity contribution in [2.45, 2.75) is 45.4 Å². The molecule has 0 saturated heterocycles. The average Bonchev–Trinajstić information content (AvgIpc) is 2.54. The smallest absolute Gasteiger partial charge is 0.240 e. The molecule has 126 valence electrons. The van der Waals surface area contributed by atoms with E-state index >= 15 is 0 Å². The van der Waals surface area contributed by atoms with Crippen LogP contribution >= 0.6 is 0 Å². The largest absolute Gasteiger partial charge is 0.507 e. The van der Waals surface area contributed by atoms with Crippen molar-refractivity contribution in [3.63, 3.8) is 0 Å². The van der Waals surface area contributed by atoms with E-state index in [0.717, 1.165) is 19.4 Å². The van der Waals surface area contributed by atoms with Crippen molar-refractivity contribution in [2.24, 2.45) is 5.10 Å². The number of unbranched alkanes of at least 4 members (excludes halogenated alkanes) is 2. The highest BCUT2D eigenvalue weighted by molar-refractivity contribution is 5.85. The third kappa shape index (κ3) is 8.60. The molecule has 1 aromatic carbocycles. The van der Waals surface area contributed by atoms with Crippen LogP contribution in [0, 0.1) is 0 Å². The van der Waals surface area contributed by atoms with Crippen molar-refractivity contribution in [2.75, 3.05) is 6.54 Å². The summed E-state index contributed by atoms with van der Waals surface area (Å²) in [5.41, 5.74) is 2.95. The summed E-state index contributed by atoms with van der Waals surface area (Å²) in [6.07, 6.45) is 5.52. The second-order valence-corrected chi connectivity index (χ2v) is 5.26. The second kappa shape index (κ2) is 11.2. The molecule has 0 aromatic heterocycles. The maximum absolute atomic E-state index is 11.6. The molecule has 3 N–H and O–H groups in total. The van der Waals surface area contributed by atoms with Gasteiger partial charge in [-0.2, -0.15) is 5.10 Å². The fourth-order valence-electron chi connectivity index (χ4n) is 1.89. The van der Waals surface area contributed by atoms with Crippen molar-refractivity contribution in [1.29, 1.82) is 0 Å². The summed E-state index contributed by atoms with van der Waals surface area (Å²) < 4.78 is 0. The van der Waals surface area contributed by atoms with Crippen LogP contribution in [0.3, 0.4) is 0 Å². The maximum atomic E-state index is 11.6. The molecule has 1 rings (SSSR count). The third-order valence-corrected chi connectivity index (χ3v) is 3.24. The molecule has 0 aliphatic carbocycles. The van der Waals surface area contributed by atoms with Gasteiger partial charge < -0.3 is 10.4 Å². The number of benzene rings is 1. The van der Waals surface area contributed by atoms with Crippen LogP contribution in [0.5, 0.6) is 5.75 Å². The zero-order chi connectivity index (χ0) is 16.9. The monoisotopic (exact) mass is 319 g/mol. The van der Waals surface area contributed by atoms with E-state index in [-0.39, 0.29) is 17.6 Å². The molecule has 0 heterocycles. The minimum Gasteiger partial charge on any atom is -0.507 e. The molecule has 0 aliphatic heterocycles. The molecule has 0 saturated carbocycles. The Labute approximate surface area is 137 Å². The Hall–Kier alpha value is -2.37. The Balaban J connectivity index is 2.13. The number of carbonyl (C=O) groups excluding carboxylic acids is 2. The zero-order valence-corrected chi connectivity index (χ0v) is 13.5. The SMILES string of the molecule is CCCCNC(=O)CCCCC(=O)NN=Cc1ccccc1O. The number of aromatic hydroxyl groups is 1. The number of hydrazone groups is 1. The average molecular weight is 319 g/mol. The number of carbonyl (C=O) groups is 2. The van der Waals surface area contributed by atoms with Gasteiger partial charge in [0, 0.05) is 24.9 Å². The second-order valence-electron chi connectivity index (χ2n) is 5.26. The number of para-hydroxylation sites is 1. The van der Waals surface area contributed by atoms with Crippen molar-refractivity contribution < 1.29 is 14.7 Å². The summed E-state index contributed by atoms with van der Waals surface area (Å²) in [5, 5.41) is 16.2. The predicted molar refractivity (Wildman–Crippen MR) is 90.2 cm³/mol. The summed E-state index contributed by atoms with van der Waals surface area (Å²) in [5.74, 6) is -0.0564. The highest BCUT2D eigenvalue weighted by atomic mass is 16.3. The highest BCUT2D eigenvalue weighted by Gasteiger charge is 2.03. The van der Waals surface area contributed by atoms with E-state index in [9.17, 15) is 14.7 Å². The minimum absolute atomic E-state index is 0.0384. The lowest BCUT2D eigenvalue weighted by Crippen LogP contribution is -2.24. The summed E-state index contributed by atoms with van der Waals surface area (Å²) in [6.45, 7) is 2.79. The first-order chi connectivity index (χ1) is 11.1. The van der Waals surface area contributed by atoms with Gasteiger partial charge in [0.25, 0.3) is 0 Å². The van der Waals surface area contributed by atoms with E-state index in [1.807, 2.05) is 0 Å². The van der Waals surface area contributed by atoms with Crippen LogP contribution in [-0.4, -0.2) is 29.7 Å². The summed E-state index contributed by atoms with van der Waals surface area (Å²) in [7, 11) is 0. The molecule has 0 spiro atoms. The number of hydrogen-bond acceptors (Lipinski definition) is 4. The summed E-state index contributed by atoms with van der Waals surface area (Å²) >= 11 is 0. The lowest BCUT2D eigenvalue weighted by Gasteiger charge is -2.04. The van der Waals surface area contributed by atoms with Gasteiger partial charge in [0.1, 0.15) is 5.75 Å². The van der Waals surface area contributed by atoms with Crippen LogP contribution in [0.4, 0.5) is 0 Å². The van der Waals surface area contributed by atoms with Gasteiger partial charge in [0.05, 0.1) is 6.21 Å². The van der Waals surface area contributed by atoms with Crippen LogP contribution < -0.4 is 10.7 Å². The number of rotatable bonds is 10. The fourth-order valence-corrected chi connectivity index (χ4v) is 1.89. The molecule has 0 atom stereocenters. The first-order valence-corrected chi connectivity index (χ1v) is 8.00. The molecular formula is C17H25N3O3. The molecule has 0 aliphatic rings. The normalized spacial score (nSPS) is 10.7. The van der Waals surface area contributed by atoms with Gasteiger partial charge in [-0.3, -0.25) is 9.59 Å². The first kappa shape index (κ1) is 18.7. The Bertz CT molecular complexity index is 530. The Morgan fingerprint density at radius 2 is 1.83 bits per heavy atom. The van der Waals surface area contributed by atoms with E-state index in [4.69, 9.17) is 0 Å². The van der Waals surface area contributed by atoms with Gasteiger partial charge in [-0.05, 0) is 31.4 Å². The quantitative estimate of drug-likeness (QED) is 0.351. The number of nitrogens with one attached hydrogen (secondary N) is 2. The number of hydrogen-bond donors (Lipinski definition) is 3. The molecule has 0 unspecified atom stereocenters. The van der Waals surface area contributed by atoms with E-state index in [1.165, 1.54) is 6.21 Å². The van der Waals surface area contributed by atoms with Crippen LogP contribution in [0.15, 0.2) is 29.4 Å². The van der Waals surface area contributed by atoms with Crippen LogP contribution in [0.2, 0.25) is 0 Å². The molecule has 0 radical (unpaired) electrons. The molecule has 0 fully saturated rings. The lowest BCUT2D eigenvalue weighted by molar-refractivity contribution is -0.123. The van der Waals surface area contributed by atoms with Crippen LogP contribution in [0.25, 0.3) is 0 Å². The van der Waals surface area contributed by atoms with Gasteiger partial charge in [0.2, 0.25) is 11.8 Å². The van der Waals surface area contributed by atoms with E-state index in [0.29, 0.717) is 31.2 Å². The molecular weight excluding hydrogens is 294 g/mol. The van der Waals surface area contributed by atoms with Crippen molar-refractivity contribution in [3.8, 4) is 5.75 Å². The molecule has 6 nitrogen and oxygen atoms in total. The Morgan fingerprint density at radius 1 is 1.13 bits per heavy atom. The minimum atomic E-state index is -0.205. The third-order valence-electron chi connectivity index (χ3n) is 3.24. The molecule has 2 amide bonds. The summed E-state index contributed by atoms with van der Waals surface area (Å²) in [4.78, 5) is 23.1. The number of nitrogens with zero attached hydrogens (tertiary/aromatic N) is 1. The van der Waals surface area contributed by atoms with E-state index in [1.54, 1.807) is 24.3 Å². The first-order valence-electron chi connectivity index (χ1n) is 8.00. The van der Waals surface area contributed by atoms with Gasteiger partial charge in [-0.1, -0.05) is 25.5 Å². The van der Waals surface area contributed by atoms with Crippen LogP contribution in [-0.2, 0) is 9.59 Å². The molecule has 23 heavy (non-hydrogen) atoms. The predicted octanol–water partition coefficient (Wildman–Crippen LogP) is 2.32. The standard InChI is InChI=1S/C17H25N3O3/c1-2-3-12-18-16(22)10-6-7-11-17(23)20-19-13-14-8-4-5-9-15(14)21/h4-5,8-9,13,21H,2-3,6-7,10-12H2,1H3,(H,18,22)(H,20,23). The number of phenols is 1. The summed E-state index contributed by atoms with van der Waals surface area (Å²) in [6, 6.07) is 6.73. The van der Waals surface area contributed by atoms with Crippen molar-refractivity contribution in [3.05, 3.63) is 29.8 Å². The number of amides is 2. The molecule has 6 heteroatoms. The fraction of sp³-hybridized carbons (Fsp3) is 0.471. The highest BCUT2D eigenvalue weighted by Crippen LogP contribution is 2.12. The van der Waals surface area contributed by atoms with Gasteiger partial charge in [-0.25, -0.2) is 5.43 Å². The Morgan fingerprint density at radius 3 is 2.52 bits per heavy atom. The van der Waals surface area contributed by atoms with Crippen molar-refractivity contribution in [1.82, 2.24) is 10.7 Å². The lowest BCUT2D eigenvalue weighted by atomic mass is 10.2. The Kier molecular flexibility index (Phi) is 9.12. The molecule has 1 aromatic rings. The van der Waals surface area contributed by atoms with Gasteiger partial charge >= 0.3 is 0 Å². The van der Waals surface area contributed by atoms with Crippen LogP contribution in [0.1, 0.15) is 51.0 Å². The van der Waals surface area contributed by atoms with E-state index < -0.39 is 0 Å². The van der Waals surface area contributed by atoms with Gasteiger partial charge in [-0.15, -0.1) is 0 Å². The molecule has 0 bridgehead atoms. The van der Waals surface area contributed by atoms with Crippen molar-refractivity contribution >= 4 is 18.0 Å². The van der Waals surface area contributed by atoms with E-state index in [2.05, 4.69) is 22.8 Å².